The third kappa shape index (κ3) is 4.34. The van der Waals surface area contributed by atoms with E-state index < -0.39 is 11.7 Å². The molecule has 0 saturated carbocycles. The Balaban J connectivity index is 2.22. The number of hydrogen-bond donors (Lipinski definition) is 1. The van der Waals surface area contributed by atoms with Gasteiger partial charge in [0.15, 0.2) is 0 Å². The molecule has 2 rings (SSSR count). The molecule has 0 aliphatic carbocycles. The number of rotatable bonds is 3. The Hall–Kier alpha value is -1.82. The number of ether oxygens (including phenoxy) is 2. The number of amides is 1. The van der Waals surface area contributed by atoms with Crippen molar-refractivity contribution in [3.63, 3.8) is 0 Å². The summed E-state index contributed by atoms with van der Waals surface area (Å²) in [5, 5.41) is 10.8. The third-order valence-corrected chi connectivity index (χ3v) is 3.89. The van der Waals surface area contributed by atoms with Crippen molar-refractivity contribution >= 4 is 6.09 Å². The lowest BCUT2D eigenvalue weighted by Crippen LogP contribution is -2.48. The fourth-order valence-corrected chi connectivity index (χ4v) is 2.84. The molecule has 1 fully saturated rings. The number of aliphatic hydroxyl groups is 1. The van der Waals surface area contributed by atoms with Crippen LogP contribution >= 0.6 is 0 Å². The summed E-state index contributed by atoms with van der Waals surface area (Å²) in [5.74, 6) is 0.571. The van der Waals surface area contributed by atoms with Gasteiger partial charge in [0.1, 0.15) is 17.5 Å². The van der Waals surface area contributed by atoms with Crippen LogP contribution in [-0.4, -0.2) is 46.4 Å². The quantitative estimate of drug-likeness (QED) is 0.926. The standard InChI is InChI=1S/C17H26N2O4/c1-17(2,3)23-16(21)19-10-6-5-7-13(19)15(20)12-11-18-9-8-14(12)22-4/h8-9,11,13,15,20H,5-7,10H2,1-4H3/t13-,15-/m1/s1. The maximum Gasteiger partial charge on any atom is 0.410 e. The molecule has 1 aromatic heterocycles. The van der Waals surface area contributed by atoms with Crippen LogP contribution in [0.4, 0.5) is 4.79 Å². The maximum absolute atomic E-state index is 12.5. The molecule has 1 aromatic rings. The Morgan fingerprint density at radius 2 is 2.17 bits per heavy atom. The number of methoxy groups -OCH3 is 1. The summed E-state index contributed by atoms with van der Waals surface area (Å²) < 4.78 is 10.8. The van der Waals surface area contributed by atoms with E-state index in [-0.39, 0.29) is 12.1 Å². The Morgan fingerprint density at radius 3 is 2.83 bits per heavy atom. The van der Waals surface area contributed by atoms with Crippen molar-refractivity contribution in [2.45, 2.75) is 57.8 Å². The highest BCUT2D eigenvalue weighted by Gasteiger charge is 2.36. The van der Waals surface area contributed by atoms with E-state index in [1.54, 1.807) is 30.5 Å². The van der Waals surface area contributed by atoms with Gasteiger partial charge in [-0.05, 0) is 46.1 Å². The van der Waals surface area contributed by atoms with Crippen molar-refractivity contribution in [1.29, 1.82) is 0 Å². The van der Waals surface area contributed by atoms with E-state index in [1.807, 2.05) is 20.8 Å². The normalized spacial score (nSPS) is 20.0. The zero-order chi connectivity index (χ0) is 17.0. The van der Waals surface area contributed by atoms with Gasteiger partial charge in [-0.2, -0.15) is 0 Å². The largest absolute Gasteiger partial charge is 0.496 e. The Bertz CT molecular complexity index is 542. The molecule has 0 bridgehead atoms. The highest BCUT2D eigenvalue weighted by molar-refractivity contribution is 5.69. The van der Waals surface area contributed by atoms with Crippen molar-refractivity contribution in [3.05, 3.63) is 24.0 Å². The minimum absolute atomic E-state index is 0.336. The third-order valence-electron chi connectivity index (χ3n) is 3.89. The number of hydrogen-bond acceptors (Lipinski definition) is 5. The SMILES string of the molecule is COc1ccncc1[C@@H](O)[C@H]1CCCCN1C(=O)OC(C)(C)C. The Labute approximate surface area is 137 Å². The van der Waals surface area contributed by atoms with Crippen LogP contribution in [0.2, 0.25) is 0 Å². The molecule has 6 heteroatoms. The summed E-state index contributed by atoms with van der Waals surface area (Å²) >= 11 is 0. The van der Waals surface area contributed by atoms with Gasteiger partial charge in [0, 0.05) is 24.5 Å². The highest BCUT2D eigenvalue weighted by atomic mass is 16.6. The van der Waals surface area contributed by atoms with Gasteiger partial charge in [-0.15, -0.1) is 0 Å². The van der Waals surface area contributed by atoms with Crippen molar-refractivity contribution in [1.82, 2.24) is 9.88 Å². The number of carbonyl (C=O) groups is 1. The average molecular weight is 322 g/mol. The average Bonchev–Trinajstić information content (AvgIpc) is 2.52. The lowest BCUT2D eigenvalue weighted by Gasteiger charge is -2.39. The van der Waals surface area contributed by atoms with Crippen LogP contribution in [0.3, 0.4) is 0 Å². The van der Waals surface area contributed by atoms with E-state index in [0.29, 0.717) is 17.9 Å². The van der Waals surface area contributed by atoms with Crippen LogP contribution < -0.4 is 4.74 Å². The number of piperidine rings is 1. The maximum atomic E-state index is 12.5. The molecule has 1 N–H and O–H groups in total. The van der Waals surface area contributed by atoms with Crippen LogP contribution in [0.1, 0.15) is 51.7 Å². The van der Waals surface area contributed by atoms with Crippen LogP contribution in [0.25, 0.3) is 0 Å². The van der Waals surface area contributed by atoms with Crippen molar-refractivity contribution in [2.24, 2.45) is 0 Å². The minimum atomic E-state index is -0.855. The summed E-state index contributed by atoms with van der Waals surface area (Å²) in [6.45, 7) is 6.10. The first-order valence-corrected chi connectivity index (χ1v) is 7.99. The van der Waals surface area contributed by atoms with E-state index >= 15 is 0 Å². The molecular formula is C17H26N2O4. The molecule has 2 atom stereocenters. The second-order valence-electron chi connectivity index (χ2n) is 6.80. The van der Waals surface area contributed by atoms with Crippen LogP contribution in [0.5, 0.6) is 5.75 Å². The molecule has 1 amide bonds. The van der Waals surface area contributed by atoms with Crippen LogP contribution in [0.15, 0.2) is 18.5 Å². The van der Waals surface area contributed by atoms with Gasteiger partial charge in [-0.1, -0.05) is 0 Å². The number of aliphatic hydroxyl groups excluding tert-OH is 1. The molecule has 23 heavy (non-hydrogen) atoms. The van der Waals surface area contributed by atoms with Gasteiger partial charge in [0.05, 0.1) is 13.2 Å². The summed E-state index contributed by atoms with van der Waals surface area (Å²) in [6, 6.07) is 1.37. The van der Waals surface area contributed by atoms with Gasteiger partial charge in [0.2, 0.25) is 0 Å². The summed E-state index contributed by atoms with van der Waals surface area (Å²) in [5.41, 5.74) is 0.0335. The Kier molecular flexibility index (Phi) is 5.46. The predicted octanol–water partition coefficient (Wildman–Crippen LogP) is 2.91. The number of likely N-dealkylation sites (tertiary alicyclic amines) is 1. The second-order valence-corrected chi connectivity index (χ2v) is 6.80. The van der Waals surface area contributed by atoms with E-state index in [2.05, 4.69) is 4.98 Å². The first kappa shape index (κ1) is 17.5. The molecule has 6 nitrogen and oxygen atoms in total. The molecular weight excluding hydrogens is 296 g/mol. The molecule has 1 aliphatic rings. The lowest BCUT2D eigenvalue weighted by molar-refractivity contribution is -0.0174. The molecule has 0 unspecified atom stereocenters. The lowest BCUT2D eigenvalue weighted by atomic mass is 9.93. The molecule has 2 heterocycles. The van der Waals surface area contributed by atoms with Crippen LogP contribution in [0, 0.1) is 0 Å². The molecule has 1 aliphatic heterocycles. The van der Waals surface area contributed by atoms with Crippen molar-refractivity contribution in [2.75, 3.05) is 13.7 Å². The molecule has 0 spiro atoms. The second kappa shape index (κ2) is 7.17. The predicted molar refractivity (Wildman–Crippen MR) is 86.3 cm³/mol. The van der Waals surface area contributed by atoms with E-state index in [0.717, 1.165) is 19.3 Å². The van der Waals surface area contributed by atoms with E-state index in [9.17, 15) is 9.90 Å². The fraction of sp³-hybridized carbons (Fsp3) is 0.647. The van der Waals surface area contributed by atoms with Gasteiger partial charge in [-0.3, -0.25) is 4.98 Å². The van der Waals surface area contributed by atoms with Gasteiger partial charge in [-0.25, -0.2) is 4.79 Å². The summed E-state index contributed by atoms with van der Waals surface area (Å²) in [4.78, 5) is 18.2. The molecule has 128 valence electrons. The van der Waals surface area contributed by atoms with Crippen molar-refractivity contribution in [3.8, 4) is 5.75 Å². The minimum Gasteiger partial charge on any atom is -0.496 e. The van der Waals surface area contributed by atoms with Gasteiger partial charge < -0.3 is 19.5 Å². The van der Waals surface area contributed by atoms with Crippen LogP contribution in [-0.2, 0) is 4.74 Å². The van der Waals surface area contributed by atoms with E-state index in [1.165, 1.54) is 0 Å². The highest BCUT2D eigenvalue weighted by Crippen LogP contribution is 2.33. The smallest absolute Gasteiger partial charge is 0.410 e. The zero-order valence-electron chi connectivity index (χ0n) is 14.3. The summed E-state index contributed by atoms with van der Waals surface area (Å²) in [6.07, 6.45) is 4.55. The molecule has 0 radical (unpaired) electrons. The number of aromatic nitrogens is 1. The number of nitrogens with zero attached hydrogens (tertiary/aromatic N) is 2. The molecule has 0 aromatic carbocycles. The van der Waals surface area contributed by atoms with Crippen molar-refractivity contribution < 1.29 is 19.4 Å². The first-order valence-electron chi connectivity index (χ1n) is 7.99. The number of pyridine rings is 1. The molecule has 1 saturated heterocycles. The first-order chi connectivity index (χ1) is 10.8. The van der Waals surface area contributed by atoms with Gasteiger partial charge in [0.25, 0.3) is 0 Å². The van der Waals surface area contributed by atoms with E-state index in [4.69, 9.17) is 9.47 Å². The zero-order valence-corrected chi connectivity index (χ0v) is 14.3. The topological polar surface area (TPSA) is 71.9 Å². The monoisotopic (exact) mass is 322 g/mol. The fourth-order valence-electron chi connectivity index (χ4n) is 2.84. The summed E-state index contributed by atoms with van der Waals surface area (Å²) in [7, 11) is 1.55. The number of carbonyl (C=O) groups excluding carboxylic acids is 1. The van der Waals surface area contributed by atoms with Gasteiger partial charge >= 0.3 is 6.09 Å². The Morgan fingerprint density at radius 1 is 1.43 bits per heavy atom.